The number of para-hydroxylation sites is 1. The zero-order chi connectivity index (χ0) is 21.7. The summed E-state index contributed by atoms with van der Waals surface area (Å²) in [6, 6.07) is 8.16. The maximum Gasteiger partial charge on any atom is 0.408 e. The number of carbonyl (C=O) groups is 3. The summed E-state index contributed by atoms with van der Waals surface area (Å²) in [7, 11) is 0. The molecular formula is C22H32N4O4. The molecule has 0 saturated carbocycles. The number of benzene rings is 1. The number of nitrogens with zero attached hydrogens (tertiary/aromatic N) is 3. The summed E-state index contributed by atoms with van der Waals surface area (Å²) in [5, 5.41) is 2.53. The average molecular weight is 417 g/mol. The van der Waals surface area contributed by atoms with Crippen LogP contribution >= 0.6 is 0 Å². The monoisotopic (exact) mass is 416 g/mol. The third-order valence-corrected chi connectivity index (χ3v) is 5.28. The topological polar surface area (TPSA) is 82.2 Å². The average Bonchev–Trinajstić information content (AvgIpc) is 3.10. The molecule has 8 heteroatoms. The van der Waals surface area contributed by atoms with E-state index >= 15 is 0 Å². The molecule has 1 N–H and O–H groups in total. The molecule has 1 aromatic carbocycles. The van der Waals surface area contributed by atoms with E-state index < -0.39 is 11.7 Å². The number of hydrogen-bond acceptors (Lipinski definition) is 5. The Labute approximate surface area is 178 Å². The summed E-state index contributed by atoms with van der Waals surface area (Å²) in [6.45, 7) is 9.34. The number of amides is 3. The van der Waals surface area contributed by atoms with Crippen LogP contribution in [-0.4, -0.2) is 72.6 Å². The predicted molar refractivity (Wildman–Crippen MR) is 114 cm³/mol. The summed E-state index contributed by atoms with van der Waals surface area (Å²) < 4.78 is 5.17. The summed E-state index contributed by atoms with van der Waals surface area (Å²) in [4.78, 5) is 42.1. The van der Waals surface area contributed by atoms with E-state index in [0.29, 0.717) is 39.1 Å². The van der Waals surface area contributed by atoms with Gasteiger partial charge in [-0.2, -0.15) is 0 Å². The highest BCUT2D eigenvalue weighted by Gasteiger charge is 2.25. The van der Waals surface area contributed by atoms with Crippen LogP contribution in [0.15, 0.2) is 24.3 Å². The van der Waals surface area contributed by atoms with Crippen molar-refractivity contribution in [1.82, 2.24) is 15.1 Å². The Bertz CT molecular complexity index is 782. The Balaban J connectivity index is 1.51. The number of hydrogen-bond donors (Lipinski definition) is 1. The minimum atomic E-state index is -0.591. The highest BCUT2D eigenvalue weighted by Crippen LogP contribution is 2.25. The third-order valence-electron chi connectivity index (χ3n) is 5.28. The molecule has 30 heavy (non-hydrogen) atoms. The molecule has 0 atom stereocenters. The first-order valence-electron chi connectivity index (χ1n) is 10.6. The van der Waals surface area contributed by atoms with Gasteiger partial charge in [0.05, 0.1) is 0 Å². The lowest BCUT2D eigenvalue weighted by molar-refractivity contribution is -0.130. The number of piperazine rings is 1. The second kappa shape index (κ2) is 9.36. The predicted octanol–water partition coefficient (Wildman–Crippen LogP) is 1.98. The highest BCUT2D eigenvalue weighted by molar-refractivity contribution is 5.82. The third kappa shape index (κ3) is 5.87. The van der Waals surface area contributed by atoms with Gasteiger partial charge in [-0.05, 0) is 38.8 Å². The Kier molecular flexibility index (Phi) is 6.84. The molecule has 2 aliphatic heterocycles. The Morgan fingerprint density at radius 1 is 1.07 bits per heavy atom. The molecule has 0 spiro atoms. The van der Waals surface area contributed by atoms with Crippen molar-refractivity contribution in [3.8, 4) is 0 Å². The lowest BCUT2D eigenvalue weighted by atomic mass is 10.1. The Hall–Kier alpha value is -2.77. The summed E-state index contributed by atoms with van der Waals surface area (Å²) >= 11 is 0. The standard InChI is InChI=1S/C22H32N4O4/c1-22(2,3)30-21(29)23-15-20(28)25-13-11-24(12-14-25)18-8-5-4-7-17(18)16-26-10-6-9-19(26)27/h4-5,7-8H,6,9-16H2,1-3H3,(H,23,29). The van der Waals surface area contributed by atoms with Gasteiger partial charge in [-0.1, -0.05) is 18.2 Å². The van der Waals surface area contributed by atoms with Gasteiger partial charge in [0.15, 0.2) is 0 Å². The quantitative estimate of drug-likeness (QED) is 0.794. The first-order valence-corrected chi connectivity index (χ1v) is 10.6. The number of ether oxygens (including phenoxy) is 1. The van der Waals surface area contributed by atoms with E-state index in [1.807, 2.05) is 17.0 Å². The van der Waals surface area contributed by atoms with Crippen molar-refractivity contribution in [2.45, 2.75) is 45.8 Å². The number of nitrogens with one attached hydrogen (secondary N) is 1. The van der Waals surface area contributed by atoms with Gasteiger partial charge in [-0.15, -0.1) is 0 Å². The summed E-state index contributed by atoms with van der Waals surface area (Å²) in [5.74, 6) is 0.106. The van der Waals surface area contributed by atoms with Gasteiger partial charge in [0, 0.05) is 51.4 Å². The van der Waals surface area contributed by atoms with Gasteiger partial charge < -0.3 is 24.8 Å². The maximum atomic E-state index is 12.4. The molecule has 1 aromatic rings. The molecule has 3 rings (SSSR count). The highest BCUT2D eigenvalue weighted by atomic mass is 16.6. The van der Waals surface area contributed by atoms with Gasteiger partial charge in [-0.3, -0.25) is 9.59 Å². The summed E-state index contributed by atoms with van der Waals surface area (Å²) in [5.41, 5.74) is 1.67. The van der Waals surface area contributed by atoms with Crippen LogP contribution in [0.3, 0.4) is 0 Å². The minimum Gasteiger partial charge on any atom is -0.444 e. The van der Waals surface area contributed by atoms with Crippen LogP contribution in [0, 0.1) is 0 Å². The van der Waals surface area contributed by atoms with Crippen LogP contribution in [0.5, 0.6) is 0 Å². The first-order chi connectivity index (χ1) is 14.2. The van der Waals surface area contributed by atoms with Crippen molar-refractivity contribution < 1.29 is 19.1 Å². The molecule has 2 saturated heterocycles. The molecule has 3 amide bonds. The lowest BCUT2D eigenvalue weighted by Crippen LogP contribution is -2.51. The molecule has 0 radical (unpaired) electrons. The SMILES string of the molecule is CC(C)(C)OC(=O)NCC(=O)N1CCN(c2ccccc2CN2CCCC2=O)CC1. The number of likely N-dealkylation sites (tertiary alicyclic amines) is 1. The molecule has 0 aliphatic carbocycles. The second-order valence-electron chi connectivity index (χ2n) is 8.77. The molecule has 8 nitrogen and oxygen atoms in total. The van der Waals surface area contributed by atoms with Gasteiger partial charge >= 0.3 is 6.09 Å². The van der Waals surface area contributed by atoms with Crippen molar-refractivity contribution >= 4 is 23.6 Å². The smallest absolute Gasteiger partial charge is 0.408 e. The van der Waals surface area contributed by atoms with E-state index in [1.165, 1.54) is 0 Å². The molecular weight excluding hydrogens is 384 g/mol. The molecule has 0 bridgehead atoms. The van der Waals surface area contributed by atoms with Crippen molar-refractivity contribution in [3.05, 3.63) is 29.8 Å². The van der Waals surface area contributed by atoms with Crippen LogP contribution < -0.4 is 10.2 Å². The van der Waals surface area contributed by atoms with Crippen LogP contribution in [0.2, 0.25) is 0 Å². The first kappa shape index (κ1) is 21.9. The fourth-order valence-corrected chi connectivity index (χ4v) is 3.80. The summed E-state index contributed by atoms with van der Waals surface area (Å²) in [6.07, 6.45) is 0.985. The Morgan fingerprint density at radius 2 is 1.77 bits per heavy atom. The van der Waals surface area contributed by atoms with E-state index in [4.69, 9.17) is 4.74 Å². The van der Waals surface area contributed by atoms with E-state index in [1.54, 1.807) is 25.7 Å². The van der Waals surface area contributed by atoms with Gasteiger partial charge in [0.25, 0.3) is 0 Å². The number of carbonyl (C=O) groups excluding carboxylic acids is 3. The normalized spacial score (nSPS) is 17.3. The Morgan fingerprint density at radius 3 is 2.40 bits per heavy atom. The fourth-order valence-electron chi connectivity index (χ4n) is 3.80. The molecule has 2 fully saturated rings. The number of rotatable bonds is 5. The zero-order valence-electron chi connectivity index (χ0n) is 18.1. The number of alkyl carbamates (subject to hydrolysis) is 1. The second-order valence-corrected chi connectivity index (χ2v) is 8.77. The molecule has 2 heterocycles. The number of anilines is 1. The van der Waals surface area contributed by atoms with Gasteiger partial charge in [0.2, 0.25) is 11.8 Å². The van der Waals surface area contributed by atoms with Crippen molar-refractivity contribution in [2.75, 3.05) is 44.2 Å². The molecule has 164 valence electrons. The van der Waals surface area contributed by atoms with Crippen LogP contribution in [0.25, 0.3) is 0 Å². The molecule has 0 unspecified atom stereocenters. The van der Waals surface area contributed by atoms with E-state index in [9.17, 15) is 14.4 Å². The van der Waals surface area contributed by atoms with Crippen LogP contribution in [-0.2, 0) is 20.9 Å². The van der Waals surface area contributed by atoms with Crippen LogP contribution in [0.1, 0.15) is 39.2 Å². The maximum absolute atomic E-state index is 12.4. The molecule has 0 aromatic heterocycles. The van der Waals surface area contributed by atoms with E-state index in [2.05, 4.69) is 22.3 Å². The lowest BCUT2D eigenvalue weighted by Gasteiger charge is -2.37. The van der Waals surface area contributed by atoms with Crippen molar-refractivity contribution in [2.24, 2.45) is 0 Å². The van der Waals surface area contributed by atoms with E-state index in [0.717, 1.165) is 24.2 Å². The van der Waals surface area contributed by atoms with Crippen molar-refractivity contribution in [3.63, 3.8) is 0 Å². The van der Waals surface area contributed by atoms with Gasteiger partial charge in [-0.25, -0.2) is 4.79 Å². The largest absolute Gasteiger partial charge is 0.444 e. The van der Waals surface area contributed by atoms with E-state index in [-0.39, 0.29) is 18.4 Å². The van der Waals surface area contributed by atoms with Crippen LogP contribution in [0.4, 0.5) is 10.5 Å². The zero-order valence-corrected chi connectivity index (χ0v) is 18.1. The van der Waals surface area contributed by atoms with Crippen molar-refractivity contribution in [1.29, 1.82) is 0 Å². The van der Waals surface area contributed by atoms with Gasteiger partial charge in [0.1, 0.15) is 12.1 Å². The fraction of sp³-hybridized carbons (Fsp3) is 0.591. The minimum absolute atomic E-state index is 0.0669. The molecule has 2 aliphatic rings.